The predicted octanol–water partition coefficient (Wildman–Crippen LogP) is 0.693. The van der Waals surface area contributed by atoms with E-state index in [-0.39, 0.29) is 62.8 Å². The number of amides is 7. The Kier molecular flexibility index (Phi) is 24.0. The summed E-state index contributed by atoms with van der Waals surface area (Å²) in [6, 6.07) is -0.770. The molecule has 11 bridgehead atoms. The number of primary amides is 1. The second kappa shape index (κ2) is 32.7. The number of nitrogens with zero attached hydrogens (tertiary/aromatic N) is 2. The van der Waals surface area contributed by atoms with Gasteiger partial charge in [-0.2, -0.15) is 0 Å². The van der Waals surface area contributed by atoms with Crippen LogP contribution in [0.15, 0.2) is 88.8 Å². The van der Waals surface area contributed by atoms with Gasteiger partial charge in [0.1, 0.15) is 89.1 Å². The number of nitrogens with two attached hydrogens (primary N) is 2. The fraction of sp³-hybridized carbons (Fsp3) is 0.414. The summed E-state index contributed by atoms with van der Waals surface area (Å²) in [5, 5.41) is 129. The molecular weight excluding hydrogens is 1500 g/mol. The molecule has 8 heterocycles. The zero-order chi connectivity index (χ0) is 79.1. The highest BCUT2D eigenvalue weighted by Crippen LogP contribution is 2.50. The number of hydrogen-bond acceptors (Lipinski definition) is 28. The summed E-state index contributed by atoms with van der Waals surface area (Å²) >= 11 is 15.1. The molecule has 2 saturated heterocycles. The third-order valence-corrected chi connectivity index (χ3v) is 20.4. The number of carbonyl (C=O) groups is 8. The average Bonchev–Trinajstić information content (AvgIpc) is 0.766. The van der Waals surface area contributed by atoms with Gasteiger partial charge in [0.05, 0.1) is 40.8 Å². The van der Waals surface area contributed by atoms with Gasteiger partial charge in [-0.05, 0) is 117 Å². The van der Waals surface area contributed by atoms with Crippen LogP contribution < -0.4 is 68.5 Å². The van der Waals surface area contributed by atoms with Crippen molar-refractivity contribution in [2.24, 2.45) is 17.4 Å². The molecule has 21 N–H and O–H groups in total. The van der Waals surface area contributed by atoms with E-state index in [0.717, 1.165) is 78.5 Å². The van der Waals surface area contributed by atoms with Crippen LogP contribution in [-0.2, 0) is 52.6 Å². The van der Waals surface area contributed by atoms with Gasteiger partial charge < -0.3 is 123 Å². The summed E-state index contributed by atoms with van der Waals surface area (Å²) in [6.07, 6.45) is -18.6. The fourth-order valence-corrected chi connectivity index (χ4v) is 14.4. The summed E-state index contributed by atoms with van der Waals surface area (Å²) in [6.45, 7) is 8.04. The van der Waals surface area contributed by atoms with Crippen molar-refractivity contribution in [2.45, 2.75) is 168 Å². The lowest BCUT2D eigenvalue weighted by atomic mass is 9.86. The molecule has 36 nitrogen and oxygen atoms in total. The number of H-pyrrole nitrogens is 1. The highest BCUT2D eigenvalue weighted by Gasteiger charge is 2.52. The third kappa shape index (κ3) is 17.4. The zero-order valence-corrected chi connectivity index (χ0v) is 60.9. The van der Waals surface area contributed by atoms with Crippen LogP contribution in [-0.4, -0.2) is 200 Å². The molecule has 2 fully saturated rings. The van der Waals surface area contributed by atoms with E-state index in [1.807, 2.05) is 13.8 Å². The van der Waals surface area contributed by atoms with Crippen molar-refractivity contribution in [1.29, 1.82) is 0 Å². The number of halogens is 2. The number of phenols is 3. The number of aliphatic hydroxyl groups is 5. The number of carboxylic acids is 1. The van der Waals surface area contributed by atoms with Crippen LogP contribution in [0, 0.1) is 12.8 Å². The second-order valence-corrected chi connectivity index (χ2v) is 29.2. The summed E-state index contributed by atoms with van der Waals surface area (Å²) in [5.74, 6) is -16.5. The Balaban J connectivity index is 1.16. The van der Waals surface area contributed by atoms with E-state index in [2.05, 4.69) is 52.4 Å². The predicted molar refractivity (Wildman–Crippen MR) is 380 cm³/mol. The van der Waals surface area contributed by atoms with Crippen LogP contribution in [0.3, 0.4) is 0 Å². The minimum atomic E-state index is -2.37. The first kappa shape index (κ1) is 80.0. The van der Waals surface area contributed by atoms with Crippen LogP contribution in [0.2, 0.25) is 10.0 Å². The van der Waals surface area contributed by atoms with Crippen molar-refractivity contribution in [2.75, 3.05) is 12.8 Å². The number of aliphatic hydroxyl groups excluding tert-OH is 5. The van der Waals surface area contributed by atoms with Gasteiger partial charge >= 0.3 is 5.97 Å². The number of aryl methyl sites for hydroxylation is 1. The van der Waals surface area contributed by atoms with Crippen molar-refractivity contribution in [1.82, 2.24) is 52.4 Å². The molecule has 7 aliphatic heterocycles. The van der Waals surface area contributed by atoms with E-state index in [9.17, 15) is 74.7 Å². The summed E-state index contributed by atoms with van der Waals surface area (Å²) in [5.41, 5.74) is 7.45. The van der Waals surface area contributed by atoms with Gasteiger partial charge in [-0.3, -0.25) is 43.3 Å². The number of thioether (sulfide) groups is 1. The monoisotopic (exact) mass is 1570 g/mol. The van der Waals surface area contributed by atoms with Gasteiger partial charge in [0.15, 0.2) is 35.1 Å². The van der Waals surface area contributed by atoms with Gasteiger partial charge in [0, 0.05) is 40.5 Å². The SMILES string of the molecule is CN[C@H](CC(C)C)C(=O)N[C@H]1C(=O)N[C@@H](CC(N)=O)C(=O)N[C@H]2C(=O)N[C@H]3C(=O)N[C@H](C(=O)N[C@@H](C(=O)O)c4cc(O)cc(O)c4-c4cc3ccc4O)[C@H](O)c3ccc(c(Cl)c3)Oc3cc2cc(c3OC2OC(CSc3nnc(C)c(=O)[nH]3)C(O)C(O)C2OC2CC(C)(N)C(O)C(C)O2)Oc2ccc(cc2Cl)[C@H]1O. The highest BCUT2D eigenvalue weighted by atomic mass is 35.5. The minimum Gasteiger partial charge on any atom is -0.508 e. The maximum absolute atomic E-state index is 16.2. The van der Waals surface area contributed by atoms with E-state index in [0.29, 0.717) is 0 Å². The van der Waals surface area contributed by atoms with Crippen molar-refractivity contribution in [3.63, 3.8) is 0 Å². The molecule has 0 saturated carbocycles. The smallest absolute Gasteiger partial charge is 0.330 e. The highest BCUT2D eigenvalue weighted by molar-refractivity contribution is 7.99. The Morgan fingerprint density at radius 2 is 1.36 bits per heavy atom. The van der Waals surface area contributed by atoms with Gasteiger partial charge in [0.2, 0.25) is 53.4 Å². The molecule has 7 amide bonds. The summed E-state index contributed by atoms with van der Waals surface area (Å²) in [4.78, 5) is 133. The topological polar surface area (TPSA) is 569 Å². The van der Waals surface area contributed by atoms with Crippen molar-refractivity contribution < 1.29 is 113 Å². The molecule has 1 aromatic heterocycles. The number of rotatable bonds is 15. The average molecular weight is 1570 g/mol. The molecule has 39 heteroatoms. The van der Waals surface area contributed by atoms with E-state index in [1.54, 1.807) is 0 Å². The number of aromatic hydroxyl groups is 3. The molecule has 7 aliphatic rings. The number of carbonyl (C=O) groups excluding carboxylic acids is 7. The lowest BCUT2D eigenvalue weighted by Crippen LogP contribution is -2.64. The van der Waals surface area contributed by atoms with Crippen molar-refractivity contribution in [3.8, 4) is 57.1 Å². The number of hydrogen-bond donors (Lipinski definition) is 19. The first-order valence-corrected chi connectivity index (χ1v) is 35.6. The molecule has 0 spiro atoms. The maximum atomic E-state index is 16.2. The number of carboxylic acid groups (broad SMARTS) is 1. The van der Waals surface area contributed by atoms with Crippen LogP contribution in [0.25, 0.3) is 11.1 Å². The number of nitrogens with one attached hydrogen (secondary N) is 8. The number of aromatic nitrogens is 3. The molecule has 5 aromatic carbocycles. The quantitative estimate of drug-likeness (QED) is 0.0629. The fourth-order valence-electron chi connectivity index (χ4n) is 13.1. The number of benzene rings is 5. The van der Waals surface area contributed by atoms with E-state index < -0.39 is 236 Å². The van der Waals surface area contributed by atoms with Gasteiger partial charge in [0.25, 0.3) is 5.56 Å². The number of fused-ring (bicyclic) bond motifs is 15. The van der Waals surface area contributed by atoms with Crippen molar-refractivity contribution in [3.05, 3.63) is 133 Å². The summed E-state index contributed by atoms with van der Waals surface area (Å²) < 4.78 is 39.4. The lowest BCUT2D eigenvalue weighted by Gasteiger charge is -2.47. The largest absolute Gasteiger partial charge is 0.508 e. The molecule has 9 unspecified atom stereocenters. The van der Waals surface area contributed by atoms with E-state index in [4.69, 9.17) is 63.1 Å². The summed E-state index contributed by atoms with van der Waals surface area (Å²) in [7, 11) is 1.47. The van der Waals surface area contributed by atoms with Gasteiger partial charge in [-0.25, -0.2) is 4.79 Å². The normalized spacial score (nSPS) is 28.1. The minimum absolute atomic E-state index is 0.0190. The lowest BCUT2D eigenvalue weighted by molar-refractivity contribution is -0.329. The Morgan fingerprint density at radius 3 is 1.96 bits per heavy atom. The van der Waals surface area contributed by atoms with E-state index >= 15 is 14.4 Å². The molecule has 582 valence electrons. The number of aromatic amines is 1. The van der Waals surface area contributed by atoms with Crippen LogP contribution in [0.1, 0.15) is 111 Å². The first-order chi connectivity index (χ1) is 51.5. The molecule has 0 radical (unpaired) electrons. The number of aliphatic carboxylic acids is 1. The third-order valence-electron chi connectivity index (χ3n) is 18.8. The first-order valence-electron chi connectivity index (χ1n) is 33.9. The standard InChI is InChI=1S/C70H78Cl2N12O24S/c1-24(2)13-36(75-6)61(95)80-51-53(89)28-8-11-40(34(71)15-28)104-42-17-30-18-43(57(42)108-68-58(107-46-22-70(5,74)59(93)26(4)103-46)56(92)55(91)44(106-68)23-109-69-82-60(94)25(3)83-84-69)105-41-12-9-29(16-35(41)72)54(90)52-66(100)79-50(67(101)102)33-19-31(85)20-39(87)47(33)32-14-27(7-10-38(32)86)48(63(97)81-52)78-64(98)49(30)77-62(96)37(21-45(73)88)76-65(51)99/h7-12,14-20,24,26,36-37,44,46,48-56,58-59,68,75,85-87,89-93H,13,21-23,74H2,1-6H3,(H2,73,88)(H,76,99)(H,77,96)(H,78,98)(H,79,100)(H,80,95)(H,81,97)(H,101,102)(H,82,84,94)/t26?,36-,37+,44?,46?,48-,49-,50-,51-,52+,53-,54-,55?,56?,58?,59?,68?,70?/m1/s1. The van der Waals surface area contributed by atoms with Gasteiger partial charge in [-0.1, -0.05) is 67.0 Å². The second-order valence-electron chi connectivity index (χ2n) is 27.4. The van der Waals surface area contributed by atoms with Crippen LogP contribution in [0.5, 0.6) is 46.0 Å². The number of ether oxygens (including phenoxy) is 6. The molecule has 18 atom stereocenters. The Labute approximate surface area is 632 Å². The Bertz CT molecular complexity index is 4640. The molecule has 0 aliphatic carbocycles. The Hall–Kier alpha value is -10.00. The maximum Gasteiger partial charge on any atom is 0.330 e. The van der Waals surface area contributed by atoms with Crippen LogP contribution in [0.4, 0.5) is 0 Å². The molecule has 6 aromatic rings. The zero-order valence-electron chi connectivity index (χ0n) is 58.6. The molecular formula is C70H78Cl2N12O24S. The Morgan fingerprint density at radius 1 is 0.734 bits per heavy atom. The van der Waals surface area contributed by atoms with Gasteiger partial charge in [-0.15, -0.1) is 10.2 Å². The van der Waals surface area contributed by atoms with Crippen molar-refractivity contribution >= 4 is 82.3 Å². The molecule has 13 rings (SSSR count). The molecule has 109 heavy (non-hydrogen) atoms. The van der Waals surface area contributed by atoms with E-state index in [1.165, 1.54) is 40.0 Å². The van der Waals surface area contributed by atoms with Crippen LogP contribution >= 0.6 is 35.0 Å². The number of phenolic OH excluding ortho intramolecular Hbond substituents is 3. The number of likely N-dealkylation sites (N-methyl/N-ethyl adjacent to an activating group) is 1.